The zero-order valence-corrected chi connectivity index (χ0v) is 26.0. The van der Waals surface area contributed by atoms with E-state index in [1.807, 2.05) is 0 Å². The summed E-state index contributed by atoms with van der Waals surface area (Å²) in [7, 11) is -9.69. The second-order valence-corrected chi connectivity index (χ2v) is 12.3. The first-order chi connectivity index (χ1) is 22.3. The summed E-state index contributed by atoms with van der Waals surface area (Å²) < 4.78 is 70.4. The highest BCUT2D eigenvalue weighted by Crippen LogP contribution is 2.17. The van der Waals surface area contributed by atoms with Crippen LogP contribution in [0.1, 0.15) is 24.0 Å². The fourth-order valence-corrected chi connectivity index (χ4v) is 5.09. The monoisotopic (exact) mass is 715 g/mol. The number of rotatable bonds is 12. The Balaban J connectivity index is 2.00. The summed E-state index contributed by atoms with van der Waals surface area (Å²) in [6, 6.07) is 3.07. The van der Waals surface area contributed by atoms with E-state index in [0.717, 1.165) is 24.3 Å². The Morgan fingerprint density at radius 1 is 0.604 bits per heavy atom. The number of carbonyl (C=O) groups is 6. The van der Waals surface area contributed by atoms with Crippen molar-refractivity contribution in [3.05, 3.63) is 59.7 Å². The second-order valence-electron chi connectivity index (χ2n) is 10.2. The number of hydrogen-bond acceptors (Lipinski definition) is 12. The normalized spacial score (nSPS) is 20.9. The van der Waals surface area contributed by atoms with Gasteiger partial charge in [0, 0.05) is 12.8 Å². The van der Waals surface area contributed by atoms with Crippen LogP contribution in [0.5, 0.6) is 11.5 Å². The van der Waals surface area contributed by atoms with Crippen molar-refractivity contribution in [2.24, 2.45) is 5.73 Å². The van der Waals surface area contributed by atoms with Crippen molar-refractivity contribution in [1.82, 2.24) is 21.3 Å². The summed E-state index contributed by atoms with van der Waals surface area (Å²) in [4.78, 5) is 76.6. The van der Waals surface area contributed by atoms with Crippen molar-refractivity contribution in [2.45, 2.75) is 49.9 Å². The molecule has 1 heterocycles. The van der Waals surface area contributed by atoms with E-state index >= 15 is 0 Å². The fourth-order valence-electron chi connectivity index (χ4n) is 4.38. The van der Waals surface area contributed by atoms with Gasteiger partial charge in [-0.2, -0.15) is 16.8 Å². The molecule has 1 aliphatic rings. The number of benzene rings is 2. The third-order valence-electron chi connectivity index (χ3n) is 6.45. The van der Waals surface area contributed by atoms with E-state index in [2.05, 4.69) is 29.6 Å². The number of aliphatic carboxylic acids is 1. The molecule has 48 heavy (non-hydrogen) atoms. The lowest BCUT2D eigenvalue weighted by atomic mass is 10.0. The van der Waals surface area contributed by atoms with Crippen LogP contribution in [0.2, 0.25) is 0 Å². The average molecular weight is 716 g/mol. The van der Waals surface area contributed by atoms with Gasteiger partial charge in [-0.05, 0) is 35.4 Å². The van der Waals surface area contributed by atoms with Crippen LogP contribution in [-0.2, 0) is 62.4 Å². The molecule has 1 aliphatic heterocycles. The van der Waals surface area contributed by atoms with Gasteiger partial charge in [-0.3, -0.25) is 37.9 Å². The number of hydrogen-bond donors (Lipinski definition) is 8. The maximum absolute atomic E-state index is 13.6. The Hall–Kier alpha value is -5.32. The zero-order chi connectivity index (χ0) is 35.8. The Labute approximate surface area is 272 Å². The molecule has 0 spiro atoms. The zero-order valence-electron chi connectivity index (χ0n) is 24.4. The minimum atomic E-state index is -4.85. The molecule has 22 heteroatoms. The maximum Gasteiger partial charge on any atom is 0.446 e. The minimum Gasteiger partial charge on any atom is -0.481 e. The van der Waals surface area contributed by atoms with Crippen molar-refractivity contribution in [3.8, 4) is 11.5 Å². The van der Waals surface area contributed by atoms with E-state index in [1.165, 1.54) is 24.3 Å². The van der Waals surface area contributed by atoms with Crippen molar-refractivity contribution in [3.63, 3.8) is 0 Å². The summed E-state index contributed by atoms with van der Waals surface area (Å²) in [6.07, 6.45) is -2.40. The summed E-state index contributed by atoms with van der Waals surface area (Å²) in [6.45, 7) is 0. The Morgan fingerprint density at radius 2 is 0.917 bits per heavy atom. The molecule has 0 aromatic heterocycles. The lowest BCUT2D eigenvalue weighted by molar-refractivity contribution is -0.142. The molecule has 5 amide bonds. The Morgan fingerprint density at radius 3 is 1.23 bits per heavy atom. The summed E-state index contributed by atoms with van der Waals surface area (Å²) >= 11 is 0. The van der Waals surface area contributed by atoms with Crippen LogP contribution in [0, 0.1) is 0 Å². The standard InChI is InChI=1S/C26H29N5O15S2/c27-21(32)11-19-25(37)31-20(12-22(33)34)26(38)29-17(9-13-1-5-15(6-2-13)45-47(39,40)41)23(35)28-18(24(36)30-19)10-14-3-7-16(8-4-14)46-48(42,43)44/h1-8,17-20H,9-12H2,(H2,27,32)(H,28,35)(H,29,38)(H,30,36)(H,31,37)(H,33,34)(H,39,40,41)(H,42,43,44)/t17-,18-,19-,20-/m0/s1. The van der Waals surface area contributed by atoms with Crippen LogP contribution in [0.3, 0.4) is 0 Å². The first kappa shape index (κ1) is 37.1. The van der Waals surface area contributed by atoms with Gasteiger partial charge in [-0.15, -0.1) is 0 Å². The van der Waals surface area contributed by atoms with E-state index < -0.39 is 93.3 Å². The van der Waals surface area contributed by atoms with Crippen LogP contribution >= 0.6 is 0 Å². The number of nitrogens with one attached hydrogen (secondary N) is 4. The maximum atomic E-state index is 13.6. The minimum absolute atomic E-state index is 0.279. The van der Waals surface area contributed by atoms with Crippen molar-refractivity contribution in [2.75, 3.05) is 0 Å². The molecule has 0 aliphatic carbocycles. The van der Waals surface area contributed by atoms with Gasteiger partial charge in [0.15, 0.2) is 0 Å². The first-order valence-electron chi connectivity index (χ1n) is 13.5. The van der Waals surface area contributed by atoms with Gasteiger partial charge in [0.25, 0.3) is 0 Å². The van der Waals surface area contributed by atoms with Crippen LogP contribution < -0.4 is 35.4 Å². The molecular weight excluding hydrogens is 686 g/mol. The number of carbonyl (C=O) groups excluding carboxylic acids is 5. The van der Waals surface area contributed by atoms with Crippen LogP contribution in [0.15, 0.2) is 48.5 Å². The van der Waals surface area contributed by atoms with Gasteiger partial charge >= 0.3 is 26.8 Å². The van der Waals surface area contributed by atoms with E-state index in [-0.39, 0.29) is 35.5 Å². The third kappa shape index (κ3) is 12.1. The van der Waals surface area contributed by atoms with Crippen LogP contribution in [0.4, 0.5) is 0 Å². The van der Waals surface area contributed by atoms with E-state index in [4.69, 9.17) is 14.8 Å². The van der Waals surface area contributed by atoms with Crippen molar-refractivity contribution >= 4 is 56.3 Å². The molecule has 4 atom stereocenters. The molecule has 20 nitrogen and oxygen atoms in total. The predicted molar refractivity (Wildman–Crippen MR) is 158 cm³/mol. The third-order valence-corrected chi connectivity index (χ3v) is 7.25. The van der Waals surface area contributed by atoms with Gasteiger partial charge < -0.3 is 40.5 Å². The quantitative estimate of drug-likeness (QED) is 0.102. The second kappa shape index (κ2) is 15.5. The van der Waals surface area contributed by atoms with E-state index in [9.17, 15) is 50.7 Å². The number of primary amides is 1. The number of carboxylic acids is 1. The SMILES string of the molecule is NC(=O)C[C@@H]1NC(=O)[C@H](Cc2ccc(OS(=O)(=O)O)cc2)NC(=O)[C@H](Cc2ccc(OS(=O)(=O)O)cc2)NC(=O)[C@H](CC(=O)O)NC1=O. The molecule has 0 radical (unpaired) electrons. The lowest BCUT2D eigenvalue weighted by Gasteiger charge is -2.29. The molecule has 0 saturated carbocycles. The van der Waals surface area contributed by atoms with Crippen LogP contribution in [-0.4, -0.2) is 90.7 Å². The molecule has 0 unspecified atom stereocenters. The van der Waals surface area contributed by atoms with Crippen LogP contribution in [0.25, 0.3) is 0 Å². The Kier molecular flexibility index (Phi) is 12.0. The number of nitrogens with two attached hydrogens (primary N) is 1. The molecule has 1 saturated heterocycles. The first-order valence-corrected chi connectivity index (χ1v) is 16.2. The van der Waals surface area contributed by atoms with E-state index in [0.29, 0.717) is 0 Å². The summed E-state index contributed by atoms with van der Waals surface area (Å²) in [5.74, 6) is -7.45. The topological polar surface area (TPSA) is 324 Å². The molecule has 2 aromatic rings. The van der Waals surface area contributed by atoms with Gasteiger partial charge in [0.05, 0.1) is 12.8 Å². The summed E-state index contributed by atoms with van der Waals surface area (Å²) in [5, 5.41) is 18.5. The van der Waals surface area contributed by atoms with Crippen molar-refractivity contribution in [1.29, 1.82) is 0 Å². The van der Waals surface area contributed by atoms with Gasteiger partial charge in [0.1, 0.15) is 35.7 Å². The smallest absolute Gasteiger partial charge is 0.446 e. The lowest BCUT2D eigenvalue weighted by Crippen LogP contribution is -2.62. The highest BCUT2D eigenvalue weighted by molar-refractivity contribution is 7.81. The van der Waals surface area contributed by atoms with Gasteiger partial charge in [-0.1, -0.05) is 24.3 Å². The molecule has 1 fully saturated rings. The highest BCUT2D eigenvalue weighted by atomic mass is 32.3. The summed E-state index contributed by atoms with van der Waals surface area (Å²) in [5.41, 5.74) is 5.79. The molecule has 3 rings (SSSR count). The molecule has 0 bridgehead atoms. The molecule has 260 valence electrons. The van der Waals surface area contributed by atoms with Gasteiger partial charge in [-0.25, -0.2) is 0 Å². The Bertz CT molecular complexity index is 1690. The number of amides is 5. The van der Waals surface area contributed by atoms with Gasteiger partial charge in [0.2, 0.25) is 29.5 Å². The number of carboxylic acid groups (broad SMARTS) is 1. The largest absolute Gasteiger partial charge is 0.481 e. The average Bonchev–Trinajstić information content (AvgIpc) is 2.95. The molecular formula is C26H29N5O15S2. The van der Waals surface area contributed by atoms with Crippen molar-refractivity contribution < 1.29 is 68.2 Å². The highest BCUT2D eigenvalue weighted by Gasteiger charge is 2.35. The fraction of sp³-hybridized carbons (Fsp3) is 0.308. The molecule has 2 aromatic carbocycles. The van der Waals surface area contributed by atoms with E-state index in [1.54, 1.807) is 0 Å². The predicted octanol–water partition coefficient (Wildman–Crippen LogP) is -2.86. The molecule has 9 N–H and O–H groups in total.